The van der Waals surface area contributed by atoms with Crippen molar-refractivity contribution >= 4 is 28.9 Å². The summed E-state index contributed by atoms with van der Waals surface area (Å²) in [5.41, 5.74) is 3.30. The van der Waals surface area contributed by atoms with Crippen molar-refractivity contribution in [3.05, 3.63) is 83.3 Å². The summed E-state index contributed by atoms with van der Waals surface area (Å²) >= 11 is 1.39. The van der Waals surface area contributed by atoms with Crippen LogP contribution in [0.2, 0.25) is 0 Å². The summed E-state index contributed by atoms with van der Waals surface area (Å²) in [6.07, 6.45) is 6.96. The Morgan fingerprint density at radius 1 is 1.09 bits per heavy atom. The van der Waals surface area contributed by atoms with Gasteiger partial charge in [-0.2, -0.15) is 0 Å². The number of aliphatic carboxylic acids is 1. The molecule has 0 amide bonds. The number of ether oxygens (including phenoxy) is 1. The molecule has 0 bridgehead atoms. The second-order valence-corrected chi connectivity index (χ2v) is 11.8. The number of carboxylic acid groups (broad SMARTS) is 1. The van der Waals surface area contributed by atoms with Gasteiger partial charge in [-0.25, -0.2) is 19.6 Å². The number of anilines is 2. The maximum Gasteiger partial charge on any atom is 0.306 e. The van der Waals surface area contributed by atoms with E-state index in [0.717, 1.165) is 38.7 Å². The first kappa shape index (κ1) is 28.4. The molecule has 5 aromatic rings. The third-order valence-corrected chi connectivity index (χ3v) is 8.86. The van der Waals surface area contributed by atoms with Crippen molar-refractivity contribution in [2.45, 2.75) is 44.8 Å². The van der Waals surface area contributed by atoms with Crippen LogP contribution in [0.4, 0.5) is 11.6 Å². The van der Waals surface area contributed by atoms with Crippen LogP contribution in [0.25, 0.3) is 21.8 Å². The van der Waals surface area contributed by atoms with Gasteiger partial charge < -0.3 is 20.3 Å². The molecule has 12 heteroatoms. The van der Waals surface area contributed by atoms with Gasteiger partial charge in [-0.05, 0) is 80.1 Å². The van der Waals surface area contributed by atoms with Crippen molar-refractivity contribution in [1.29, 1.82) is 0 Å². The number of benzene rings is 1. The topological polar surface area (TPSA) is 148 Å². The average molecular weight is 598 g/mol. The lowest BCUT2D eigenvalue weighted by atomic mass is 9.79. The predicted octanol–water partition coefficient (Wildman–Crippen LogP) is 5.43. The van der Waals surface area contributed by atoms with Gasteiger partial charge in [0.05, 0.1) is 36.3 Å². The summed E-state index contributed by atoms with van der Waals surface area (Å²) in [6.45, 7) is 2.58. The molecular weight excluding hydrogens is 566 g/mol. The summed E-state index contributed by atoms with van der Waals surface area (Å²) in [6, 6.07) is 15.5. The number of carbonyl (C=O) groups is 1. The Labute approximate surface area is 252 Å². The molecule has 3 N–H and O–H groups in total. The van der Waals surface area contributed by atoms with Gasteiger partial charge >= 0.3 is 5.97 Å². The summed E-state index contributed by atoms with van der Waals surface area (Å²) in [5.74, 6) is 0.827. The number of rotatable bonds is 9. The lowest BCUT2D eigenvalue weighted by Crippen LogP contribution is -2.33. The molecule has 0 aliphatic heterocycles. The number of hydrogen-bond donors (Lipinski definition) is 3. The van der Waals surface area contributed by atoms with E-state index in [0.29, 0.717) is 48.9 Å². The van der Waals surface area contributed by atoms with Crippen molar-refractivity contribution in [1.82, 2.24) is 29.9 Å². The Morgan fingerprint density at radius 2 is 1.88 bits per heavy atom. The van der Waals surface area contributed by atoms with Gasteiger partial charge in [0.1, 0.15) is 33.7 Å². The first-order chi connectivity index (χ1) is 20.8. The molecule has 220 valence electrons. The fourth-order valence-electron chi connectivity index (χ4n) is 5.24. The molecule has 0 spiro atoms. The van der Waals surface area contributed by atoms with Crippen LogP contribution in [0.15, 0.2) is 67.1 Å². The number of methoxy groups -OCH3 is 1. The Morgan fingerprint density at radius 3 is 2.63 bits per heavy atom. The van der Waals surface area contributed by atoms with E-state index in [1.54, 1.807) is 24.2 Å². The van der Waals surface area contributed by atoms with Gasteiger partial charge in [-0.3, -0.25) is 4.79 Å². The van der Waals surface area contributed by atoms with Crippen LogP contribution in [-0.2, 0) is 16.9 Å². The summed E-state index contributed by atoms with van der Waals surface area (Å²) in [4.78, 5) is 25.9. The summed E-state index contributed by atoms with van der Waals surface area (Å²) in [7, 11) is 1.65. The Kier molecular flexibility index (Phi) is 7.87. The largest absolute Gasteiger partial charge is 0.497 e. The Balaban J connectivity index is 1.16. The molecule has 0 atom stereocenters. The molecular formula is C31H31N7O4S. The maximum absolute atomic E-state index is 11.3. The molecule has 0 saturated heterocycles. The highest BCUT2D eigenvalue weighted by Gasteiger charge is 2.39. The van der Waals surface area contributed by atoms with E-state index in [4.69, 9.17) is 9.72 Å². The van der Waals surface area contributed by atoms with Gasteiger partial charge in [0.15, 0.2) is 0 Å². The van der Waals surface area contributed by atoms with Crippen molar-refractivity contribution in [3.63, 3.8) is 0 Å². The number of aromatic nitrogens is 6. The monoisotopic (exact) mass is 597 g/mol. The molecule has 1 fully saturated rings. The van der Waals surface area contributed by atoms with Crippen LogP contribution >= 0.6 is 11.3 Å². The average Bonchev–Trinajstić information content (AvgIpc) is 3.69. The lowest BCUT2D eigenvalue weighted by molar-refractivity contribution is -0.145. The Hall–Kier alpha value is -4.68. The van der Waals surface area contributed by atoms with Gasteiger partial charge in [-0.15, -0.1) is 16.4 Å². The molecule has 11 nitrogen and oxygen atoms in total. The minimum atomic E-state index is -1.11. The van der Waals surface area contributed by atoms with Gasteiger partial charge in [0.25, 0.3) is 0 Å². The normalized spacial score (nSPS) is 18.3. The minimum absolute atomic E-state index is 0.377. The summed E-state index contributed by atoms with van der Waals surface area (Å²) < 4.78 is 7.02. The molecule has 1 aliphatic carbocycles. The Bertz CT molecular complexity index is 1740. The maximum atomic E-state index is 11.3. The fraction of sp³-hybridized carbons (Fsp3) is 0.290. The van der Waals surface area contributed by atoms with Crippen LogP contribution in [0.1, 0.15) is 41.8 Å². The second-order valence-electron chi connectivity index (χ2n) is 10.8. The molecule has 1 aliphatic rings. The first-order valence-corrected chi connectivity index (χ1v) is 14.8. The zero-order valence-electron chi connectivity index (χ0n) is 23.8. The van der Waals surface area contributed by atoms with Crippen LogP contribution in [0.3, 0.4) is 0 Å². The van der Waals surface area contributed by atoms with E-state index < -0.39 is 17.5 Å². The number of carboxylic acids is 1. The number of nitrogens with zero attached hydrogens (tertiary/aromatic N) is 6. The van der Waals surface area contributed by atoms with Crippen LogP contribution in [0.5, 0.6) is 5.75 Å². The number of hydrogen-bond acceptors (Lipinski definition) is 10. The third kappa shape index (κ3) is 6.40. The van der Waals surface area contributed by atoms with E-state index in [2.05, 4.69) is 25.6 Å². The smallest absolute Gasteiger partial charge is 0.306 e. The van der Waals surface area contributed by atoms with Gasteiger partial charge in [-0.1, -0.05) is 17.3 Å². The molecule has 4 heterocycles. The zero-order valence-corrected chi connectivity index (χ0v) is 24.6. The highest BCUT2D eigenvalue weighted by atomic mass is 32.1. The van der Waals surface area contributed by atoms with Crippen molar-refractivity contribution in [2.75, 3.05) is 12.4 Å². The first-order valence-electron chi connectivity index (χ1n) is 13.9. The molecule has 0 unspecified atom stereocenters. The zero-order chi connectivity index (χ0) is 30.0. The molecule has 1 saturated carbocycles. The quantitative estimate of drug-likeness (QED) is 0.201. The van der Waals surface area contributed by atoms with E-state index in [-0.39, 0.29) is 0 Å². The summed E-state index contributed by atoms with van der Waals surface area (Å²) in [5, 5.41) is 33.1. The number of aliphatic hydroxyl groups is 1. The number of thiazole rings is 1. The van der Waals surface area contributed by atoms with E-state index in [1.165, 1.54) is 11.3 Å². The molecule has 6 rings (SSSR count). The standard InChI is InChI=1S/C31H31N7O4S/c1-19-13-24(26-16-33-30(43-26)31(41)10-7-21(8-11-31)29(39)40)34-28(14-19)35-27-15-22(9-12-32-27)25-18-38(37-36-25)17-20-3-5-23(42-2)6-4-20/h3-6,9,12-16,18,21,41H,7-8,10-11,17H2,1-2H3,(H,39,40)(H,32,34,35)/t21-,31-. The fourth-order valence-corrected chi connectivity index (χ4v) is 6.26. The second kappa shape index (κ2) is 11.9. The van der Waals surface area contributed by atoms with Crippen molar-refractivity contribution in [2.24, 2.45) is 5.92 Å². The molecule has 4 aromatic heterocycles. The van der Waals surface area contributed by atoms with Crippen LogP contribution < -0.4 is 10.1 Å². The highest BCUT2D eigenvalue weighted by molar-refractivity contribution is 7.15. The van der Waals surface area contributed by atoms with Crippen molar-refractivity contribution < 1.29 is 19.7 Å². The minimum Gasteiger partial charge on any atom is -0.497 e. The SMILES string of the molecule is COc1ccc(Cn2cc(-c3ccnc(Nc4cc(C)cc(-c5cnc([C@]6(O)CC[C@H](C(=O)O)CC6)s5)n4)c3)nn2)cc1. The highest BCUT2D eigenvalue weighted by Crippen LogP contribution is 2.42. The van der Waals surface area contributed by atoms with Crippen LogP contribution in [0, 0.1) is 12.8 Å². The van der Waals surface area contributed by atoms with Gasteiger partial charge in [0.2, 0.25) is 0 Å². The number of aryl methyl sites for hydroxylation is 1. The molecule has 1 aromatic carbocycles. The predicted molar refractivity (Wildman–Crippen MR) is 162 cm³/mol. The molecule has 43 heavy (non-hydrogen) atoms. The number of pyridine rings is 2. The molecule has 0 radical (unpaired) electrons. The van der Waals surface area contributed by atoms with Gasteiger partial charge in [0, 0.05) is 18.0 Å². The van der Waals surface area contributed by atoms with E-state index in [1.807, 2.05) is 61.7 Å². The van der Waals surface area contributed by atoms with Crippen molar-refractivity contribution in [3.8, 4) is 27.6 Å². The number of nitrogens with one attached hydrogen (secondary N) is 1. The van der Waals surface area contributed by atoms with E-state index >= 15 is 0 Å². The van der Waals surface area contributed by atoms with E-state index in [9.17, 15) is 15.0 Å². The lowest BCUT2D eigenvalue weighted by Gasteiger charge is -2.32. The van der Waals surface area contributed by atoms with Crippen LogP contribution in [-0.4, -0.2) is 53.2 Å². The third-order valence-electron chi connectivity index (χ3n) is 7.64.